The van der Waals surface area contributed by atoms with Crippen LogP contribution in [0.15, 0.2) is 24.3 Å². The normalized spacial score (nSPS) is 23.8. The molecule has 2 N–H and O–H groups in total. The number of nitriles is 1. The summed E-state index contributed by atoms with van der Waals surface area (Å²) in [5, 5.41) is 9.04. The Morgan fingerprint density at radius 3 is 2.83 bits per heavy atom. The minimum absolute atomic E-state index is 0.0701. The lowest BCUT2D eigenvalue weighted by Crippen LogP contribution is -2.29. The van der Waals surface area contributed by atoms with Gasteiger partial charge < -0.3 is 5.73 Å². The summed E-state index contributed by atoms with van der Waals surface area (Å²) in [6.45, 7) is 4.30. The van der Waals surface area contributed by atoms with Gasteiger partial charge in [0.05, 0.1) is 17.6 Å². The molecule has 1 aromatic carbocycles. The molecule has 1 fully saturated rings. The predicted octanol–water partition coefficient (Wildman–Crippen LogP) is 1.11. The highest BCUT2D eigenvalue weighted by Gasteiger charge is 2.33. The zero-order valence-corrected chi connectivity index (χ0v) is 10.5. The molecule has 0 bridgehead atoms. The molecule has 0 aromatic heterocycles. The lowest BCUT2D eigenvalue weighted by atomic mass is 9.98. The molecule has 18 heavy (non-hydrogen) atoms. The van der Waals surface area contributed by atoms with Gasteiger partial charge in [-0.15, -0.1) is 0 Å². The summed E-state index contributed by atoms with van der Waals surface area (Å²) in [5.74, 6) is -0.00503. The Labute approximate surface area is 107 Å². The van der Waals surface area contributed by atoms with E-state index < -0.39 is 0 Å². The lowest BCUT2D eigenvalue weighted by molar-refractivity contribution is -0.122. The van der Waals surface area contributed by atoms with Crippen LogP contribution in [0.5, 0.6) is 0 Å². The standard InChI is InChI=1S/C14H17N3O/c1-10-7-17(9-13(10)14(16)18)8-12-5-3-2-4-11(12)6-15/h2-5,10,13H,7-9H2,1H3,(H2,16,18)/t10-,13-/m1/s1. The van der Waals surface area contributed by atoms with E-state index in [-0.39, 0.29) is 17.7 Å². The van der Waals surface area contributed by atoms with E-state index in [0.717, 1.165) is 12.1 Å². The number of amides is 1. The number of hydrogen-bond acceptors (Lipinski definition) is 3. The number of hydrogen-bond donors (Lipinski definition) is 1. The third-order valence-corrected chi connectivity index (χ3v) is 3.59. The first-order valence-electron chi connectivity index (χ1n) is 6.11. The fraction of sp³-hybridized carbons (Fsp3) is 0.429. The highest BCUT2D eigenvalue weighted by atomic mass is 16.1. The Hall–Kier alpha value is -1.86. The van der Waals surface area contributed by atoms with Crippen LogP contribution in [0.4, 0.5) is 0 Å². The Morgan fingerprint density at radius 1 is 1.50 bits per heavy atom. The molecule has 4 heteroatoms. The largest absolute Gasteiger partial charge is 0.369 e. The van der Waals surface area contributed by atoms with Crippen molar-refractivity contribution in [3.63, 3.8) is 0 Å². The van der Waals surface area contributed by atoms with Crippen LogP contribution in [0, 0.1) is 23.2 Å². The van der Waals surface area contributed by atoms with Crippen molar-refractivity contribution in [1.29, 1.82) is 5.26 Å². The Kier molecular flexibility index (Phi) is 3.63. The maximum atomic E-state index is 11.3. The first-order valence-corrected chi connectivity index (χ1v) is 6.11. The molecule has 1 saturated heterocycles. The first-order chi connectivity index (χ1) is 8.61. The second kappa shape index (κ2) is 5.19. The molecule has 1 amide bonds. The monoisotopic (exact) mass is 243 g/mol. The van der Waals surface area contributed by atoms with Gasteiger partial charge in [0.25, 0.3) is 0 Å². The zero-order valence-electron chi connectivity index (χ0n) is 10.5. The van der Waals surface area contributed by atoms with Gasteiger partial charge in [-0.1, -0.05) is 25.1 Å². The fourth-order valence-corrected chi connectivity index (χ4v) is 2.57. The highest BCUT2D eigenvalue weighted by molar-refractivity contribution is 5.77. The molecular weight excluding hydrogens is 226 g/mol. The molecule has 2 rings (SSSR count). The first kappa shape index (κ1) is 12.6. The van der Waals surface area contributed by atoms with Gasteiger partial charge in [0, 0.05) is 19.6 Å². The number of carbonyl (C=O) groups is 1. The Balaban J connectivity index is 2.08. The average Bonchev–Trinajstić information content (AvgIpc) is 2.71. The molecule has 0 unspecified atom stereocenters. The van der Waals surface area contributed by atoms with Crippen molar-refractivity contribution in [2.24, 2.45) is 17.6 Å². The van der Waals surface area contributed by atoms with Crippen LogP contribution < -0.4 is 5.73 Å². The van der Waals surface area contributed by atoms with Gasteiger partial charge in [-0.05, 0) is 17.5 Å². The van der Waals surface area contributed by atoms with E-state index in [2.05, 4.69) is 11.0 Å². The molecule has 1 aromatic rings. The van der Waals surface area contributed by atoms with Crippen LogP contribution >= 0.6 is 0 Å². The van der Waals surface area contributed by atoms with Gasteiger partial charge in [0.2, 0.25) is 5.91 Å². The molecule has 0 radical (unpaired) electrons. The van der Waals surface area contributed by atoms with Crippen molar-refractivity contribution in [1.82, 2.24) is 4.90 Å². The zero-order chi connectivity index (χ0) is 13.1. The smallest absolute Gasteiger partial charge is 0.222 e. The quantitative estimate of drug-likeness (QED) is 0.864. The maximum Gasteiger partial charge on any atom is 0.222 e. The SMILES string of the molecule is C[C@@H]1CN(Cc2ccccc2C#N)C[C@H]1C(N)=O. The van der Waals surface area contributed by atoms with Gasteiger partial charge in [-0.25, -0.2) is 0 Å². The molecule has 4 nitrogen and oxygen atoms in total. The Morgan fingerprint density at radius 2 is 2.22 bits per heavy atom. The van der Waals surface area contributed by atoms with Crippen LogP contribution in [-0.4, -0.2) is 23.9 Å². The van der Waals surface area contributed by atoms with E-state index in [0.29, 0.717) is 18.7 Å². The van der Waals surface area contributed by atoms with Crippen molar-refractivity contribution < 1.29 is 4.79 Å². The second-order valence-electron chi connectivity index (χ2n) is 4.95. The van der Waals surface area contributed by atoms with Crippen LogP contribution in [0.1, 0.15) is 18.1 Å². The Bertz CT molecular complexity index is 492. The van der Waals surface area contributed by atoms with Crippen LogP contribution in [0.2, 0.25) is 0 Å². The number of rotatable bonds is 3. The molecule has 0 spiro atoms. The van der Waals surface area contributed by atoms with Crippen molar-refractivity contribution in [2.75, 3.05) is 13.1 Å². The summed E-state index contributed by atoms with van der Waals surface area (Å²) in [6, 6.07) is 9.77. The van der Waals surface area contributed by atoms with E-state index in [9.17, 15) is 4.79 Å². The van der Waals surface area contributed by atoms with E-state index in [1.54, 1.807) is 0 Å². The maximum absolute atomic E-state index is 11.3. The minimum atomic E-state index is -0.224. The van der Waals surface area contributed by atoms with Gasteiger partial charge in [-0.2, -0.15) is 5.26 Å². The van der Waals surface area contributed by atoms with E-state index in [4.69, 9.17) is 11.0 Å². The molecule has 2 atom stereocenters. The molecule has 0 aliphatic carbocycles. The van der Waals surface area contributed by atoms with Crippen LogP contribution in [0.25, 0.3) is 0 Å². The third kappa shape index (κ3) is 2.52. The lowest BCUT2D eigenvalue weighted by Gasteiger charge is -2.16. The molecule has 1 heterocycles. The van der Waals surface area contributed by atoms with Gasteiger partial charge >= 0.3 is 0 Å². The van der Waals surface area contributed by atoms with Crippen molar-refractivity contribution >= 4 is 5.91 Å². The summed E-state index contributed by atoms with van der Waals surface area (Å²) in [7, 11) is 0. The van der Waals surface area contributed by atoms with Crippen molar-refractivity contribution in [3.8, 4) is 6.07 Å². The van der Waals surface area contributed by atoms with Gasteiger partial charge in [0.1, 0.15) is 0 Å². The van der Waals surface area contributed by atoms with E-state index >= 15 is 0 Å². The summed E-state index contributed by atoms with van der Waals surface area (Å²) in [4.78, 5) is 13.5. The summed E-state index contributed by atoms with van der Waals surface area (Å²) in [5.41, 5.74) is 7.09. The summed E-state index contributed by atoms with van der Waals surface area (Å²) in [6.07, 6.45) is 0. The number of primary amides is 1. The molecular formula is C14H17N3O. The van der Waals surface area contributed by atoms with Crippen molar-refractivity contribution in [2.45, 2.75) is 13.5 Å². The van der Waals surface area contributed by atoms with Gasteiger partial charge in [-0.3, -0.25) is 9.69 Å². The average molecular weight is 243 g/mol. The minimum Gasteiger partial charge on any atom is -0.369 e. The fourth-order valence-electron chi connectivity index (χ4n) is 2.57. The van der Waals surface area contributed by atoms with Crippen LogP contribution in [-0.2, 0) is 11.3 Å². The molecule has 1 aliphatic rings. The number of carbonyl (C=O) groups excluding carboxylic acids is 1. The predicted molar refractivity (Wildman–Crippen MR) is 68.3 cm³/mol. The topological polar surface area (TPSA) is 70.1 Å². The molecule has 1 aliphatic heterocycles. The molecule has 0 saturated carbocycles. The second-order valence-corrected chi connectivity index (χ2v) is 4.95. The summed E-state index contributed by atoms with van der Waals surface area (Å²) >= 11 is 0. The number of nitrogens with zero attached hydrogens (tertiary/aromatic N) is 2. The third-order valence-electron chi connectivity index (χ3n) is 3.59. The van der Waals surface area contributed by atoms with Gasteiger partial charge in [0.15, 0.2) is 0 Å². The van der Waals surface area contributed by atoms with Crippen molar-refractivity contribution in [3.05, 3.63) is 35.4 Å². The van der Waals surface area contributed by atoms with E-state index in [1.807, 2.05) is 31.2 Å². The van der Waals surface area contributed by atoms with Crippen LogP contribution in [0.3, 0.4) is 0 Å². The summed E-state index contributed by atoms with van der Waals surface area (Å²) < 4.78 is 0. The molecule has 94 valence electrons. The number of nitrogens with two attached hydrogens (primary N) is 1. The number of benzene rings is 1. The van der Waals surface area contributed by atoms with E-state index in [1.165, 1.54) is 0 Å². The highest BCUT2D eigenvalue weighted by Crippen LogP contribution is 2.24. The number of likely N-dealkylation sites (tertiary alicyclic amines) is 1.